The summed E-state index contributed by atoms with van der Waals surface area (Å²) in [7, 11) is -3.87. The monoisotopic (exact) mass is 463 g/mol. The Morgan fingerprint density at radius 2 is 1.87 bits per heavy atom. The van der Waals surface area contributed by atoms with Crippen LogP contribution in [0, 0.1) is 0 Å². The molecule has 0 aliphatic carbocycles. The van der Waals surface area contributed by atoms with E-state index in [1.165, 1.54) is 35.6 Å². The number of nitrogens with one attached hydrogen (secondary N) is 2. The predicted molar refractivity (Wildman–Crippen MR) is 121 cm³/mol. The first-order valence-electron chi connectivity index (χ1n) is 9.16. The van der Waals surface area contributed by atoms with Gasteiger partial charge in [-0.25, -0.2) is 13.4 Å². The van der Waals surface area contributed by atoms with Gasteiger partial charge in [-0.15, -0.1) is 11.3 Å². The van der Waals surface area contributed by atoms with Crippen LogP contribution < -0.4 is 10.0 Å². The van der Waals surface area contributed by atoms with E-state index in [9.17, 15) is 13.2 Å². The first-order chi connectivity index (χ1) is 14.0. The average Bonchev–Trinajstić information content (AvgIpc) is 3.15. The summed E-state index contributed by atoms with van der Waals surface area (Å²) in [5.74, 6) is -0.373. The lowest BCUT2D eigenvalue weighted by Gasteiger charge is -2.14. The van der Waals surface area contributed by atoms with Crippen molar-refractivity contribution in [3.63, 3.8) is 0 Å². The van der Waals surface area contributed by atoms with E-state index >= 15 is 0 Å². The number of halogens is 1. The smallest absolute Gasteiger partial charge is 0.261 e. The van der Waals surface area contributed by atoms with Crippen LogP contribution in [0.25, 0.3) is 0 Å². The Bertz CT molecular complexity index is 1170. The second-order valence-corrected chi connectivity index (χ2v) is 10.8. The zero-order chi connectivity index (χ0) is 21.9. The summed E-state index contributed by atoms with van der Waals surface area (Å²) >= 11 is 7.39. The maximum absolute atomic E-state index is 12.7. The second kappa shape index (κ2) is 8.75. The molecule has 0 bridgehead atoms. The van der Waals surface area contributed by atoms with Crippen molar-refractivity contribution < 1.29 is 13.2 Å². The van der Waals surface area contributed by atoms with E-state index in [1.807, 2.05) is 5.38 Å². The lowest BCUT2D eigenvalue weighted by Crippen LogP contribution is -2.23. The van der Waals surface area contributed by atoms with Crippen LogP contribution in [0.4, 0.5) is 5.69 Å². The number of anilines is 1. The molecule has 2 aromatic carbocycles. The Balaban J connectivity index is 1.71. The fourth-order valence-electron chi connectivity index (χ4n) is 2.57. The molecule has 3 rings (SSSR count). The van der Waals surface area contributed by atoms with E-state index in [2.05, 4.69) is 35.8 Å². The first kappa shape index (κ1) is 22.3. The van der Waals surface area contributed by atoms with Crippen LogP contribution >= 0.6 is 22.9 Å². The van der Waals surface area contributed by atoms with E-state index in [1.54, 1.807) is 24.3 Å². The topological polar surface area (TPSA) is 88.2 Å². The SMILES string of the molecule is CC(C)(C)c1csc(CNC(=O)c2cccc(S(=O)(=O)Nc3cccc(Cl)c3)c2)n1. The molecule has 0 aliphatic rings. The van der Waals surface area contributed by atoms with Crippen LogP contribution in [0.3, 0.4) is 0 Å². The lowest BCUT2D eigenvalue weighted by molar-refractivity contribution is 0.0950. The maximum Gasteiger partial charge on any atom is 0.261 e. The van der Waals surface area contributed by atoms with Crippen molar-refractivity contribution in [1.82, 2.24) is 10.3 Å². The van der Waals surface area contributed by atoms with Gasteiger partial charge in [0.15, 0.2) is 0 Å². The van der Waals surface area contributed by atoms with Gasteiger partial charge in [-0.05, 0) is 36.4 Å². The van der Waals surface area contributed by atoms with Crippen molar-refractivity contribution in [1.29, 1.82) is 0 Å². The van der Waals surface area contributed by atoms with Crippen molar-refractivity contribution in [2.24, 2.45) is 0 Å². The van der Waals surface area contributed by atoms with Crippen molar-refractivity contribution in [2.45, 2.75) is 37.6 Å². The molecular weight excluding hydrogens is 442 g/mol. The number of thiazole rings is 1. The number of benzene rings is 2. The summed E-state index contributed by atoms with van der Waals surface area (Å²) in [6.45, 7) is 6.51. The van der Waals surface area contributed by atoms with E-state index in [0.29, 0.717) is 10.7 Å². The maximum atomic E-state index is 12.7. The van der Waals surface area contributed by atoms with Gasteiger partial charge in [0.05, 0.1) is 22.8 Å². The Morgan fingerprint density at radius 1 is 1.13 bits per heavy atom. The number of carbonyl (C=O) groups excluding carboxylic acids is 1. The van der Waals surface area contributed by atoms with E-state index in [4.69, 9.17) is 11.6 Å². The third-order valence-corrected chi connectivity index (χ3v) is 6.67. The number of nitrogens with zero attached hydrogens (tertiary/aromatic N) is 1. The van der Waals surface area contributed by atoms with E-state index in [0.717, 1.165) is 10.7 Å². The molecule has 0 unspecified atom stereocenters. The quantitative estimate of drug-likeness (QED) is 0.548. The molecule has 30 heavy (non-hydrogen) atoms. The highest BCUT2D eigenvalue weighted by molar-refractivity contribution is 7.92. The third kappa shape index (κ3) is 5.59. The van der Waals surface area contributed by atoms with Crippen LogP contribution in [0.5, 0.6) is 0 Å². The molecule has 1 heterocycles. The molecular formula is C21H22ClN3O3S2. The van der Waals surface area contributed by atoms with Crippen LogP contribution in [-0.2, 0) is 22.0 Å². The van der Waals surface area contributed by atoms with Crippen molar-refractivity contribution in [3.8, 4) is 0 Å². The summed E-state index contributed by atoms with van der Waals surface area (Å²) in [6, 6.07) is 12.3. The van der Waals surface area contributed by atoms with E-state index < -0.39 is 10.0 Å². The molecule has 1 aromatic heterocycles. The number of sulfonamides is 1. The molecule has 158 valence electrons. The number of aromatic nitrogens is 1. The summed E-state index contributed by atoms with van der Waals surface area (Å²) in [4.78, 5) is 17.1. The van der Waals surface area contributed by atoms with Gasteiger partial charge in [0, 0.05) is 21.4 Å². The number of amides is 1. The van der Waals surface area contributed by atoms with Gasteiger partial charge < -0.3 is 5.32 Å². The Morgan fingerprint density at radius 3 is 2.53 bits per heavy atom. The van der Waals surface area contributed by atoms with Crippen molar-refractivity contribution >= 4 is 44.6 Å². The van der Waals surface area contributed by atoms with Crippen molar-refractivity contribution in [2.75, 3.05) is 4.72 Å². The predicted octanol–water partition coefficient (Wildman–Crippen LogP) is 4.82. The molecule has 0 aliphatic heterocycles. The first-order valence-corrected chi connectivity index (χ1v) is 11.9. The number of rotatable bonds is 6. The molecule has 0 radical (unpaired) electrons. The molecule has 6 nitrogen and oxygen atoms in total. The molecule has 3 aromatic rings. The minimum Gasteiger partial charge on any atom is -0.346 e. The molecule has 0 atom stereocenters. The normalized spacial score (nSPS) is 11.9. The van der Waals surface area contributed by atoms with Gasteiger partial charge >= 0.3 is 0 Å². The third-order valence-electron chi connectivity index (χ3n) is 4.20. The number of carbonyl (C=O) groups is 1. The second-order valence-electron chi connectivity index (χ2n) is 7.70. The molecule has 0 spiro atoms. The summed E-state index contributed by atoms with van der Waals surface area (Å²) < 4.78 is 27.8. The molecule has 0 saturated carbocycles. The highest BCUT2D eigenvalue weighted by Crippen LogP contribution is 2.24. The number of hydrogen-bond donors (Lipinski definition) is 2. The Kier molecular flexibility index (Phi) is 6.50. The molecule has 0 saturated heterocycles. The van der Waals surface area contributed by atoms with Crippen LogP contribution in [0.2, 0.25) is 5.02 Å². The highest BCUT2D eigenvalue weighted by Gasteiger charge is 2.19. The van der Waals surface area contributed by atoms with Gasteiger partial charge in [-0.2, -0.15) is 0 Å². The minimum atomic E-state index is -3.87. The Labute approximate surface area is 185 Å². The average molecular weight is 464 g/mol. The van der Waals surface area contributed by atoms with Crippen molar-refractivity contribution in [3.05, 3.63) is 75.2 Å². The Hall–Kier alpha value is -2.42. The van der Waals surface area contributed by atoms with Gasteiger partial charge in [0.1, 0.15) is 5.01 Å². The largest absolute Gasteiger partial charge is 0.346 e. The molecule has 2 N–H and O–H groups in total. The summed E-state index contributed by atoms with van der Waals surface area (Å²) in [5.41, 5.74) is 1.50. The zero-order valence-corrected chi connectivity index (χ0v) is 19.2. The molecule has 0 fully saturated rings. The molecule has 1 amide bonds. The van der Waals surface area contributed by atoms with Gasteiger partial charge in [-0.1, -0.05) is 44.5 Å². The van der Waals surface area contributed by atoms with Gasteiger partial charge in [0.2, 0.25) is 0 Å². The van der Waals surface area contributed by atoms with Crippen LogP contribution in [-0.4, -0.2) is 19.3 Å². The summed E-state index contributed by atoms with van der Waals surface area (Å²) in [6.07, 6.45) is 0. The van der Waals surface area contributed by atoms with Gasteiger partial charge in [0.25, 0.3) is 15.9 Å². The van der Waals surface area contributed by atoms with Crippen LogP contribution in [0.15, 0.2) is 58.8 Å². The zero-order valence-electron chi connectivity index (χ0n) is 16.8. The van der Waals surface area contributed by atoms with Crippen LogP contribution in [0.1, 0.15) is 41.8 Å². The lowest BCUT2D eigenvalue weighted by atomic mass is 9.93. The minimum absolute atomic E-state index is 0.0145. The fraction of sp³-hybridized carbons (Fsp3) is 0.238. The van der Waals surface area contributed by atoms with E-state index in [-0.39, 0.29) is 28.3 Å². The summed E-state index contributed by atoms with van der Waals surface area (Å²) in [5, 5.41) is 5.98. The highest BCUT2D eigenvalue weighted by atomic mass is 35.5. The standard InChI is InChI=1S/C21H22ClN3O3S2/c1-21(2,3)18-13-29-19(24-18)12-23-20(26)14-6-4-9-17(10-14)30(27,28)25-16-8-5-7-15(22)11-16/h4-11,13,25H,12H2,1-3H3,(H,23,26). The molecule has 9 heteroatoms. The number of hydrogen-bond acceptors (Lipinski definition) is 5. The fourth-order valence-corrected chi connectivity index (χ4v) is 4.81. The van der Waals surface area contributed by atoms with Gasteiger partial charge in [-0.3, -0.25) is 9.52 Å².